The Morgan fingerprint density at radius 3 is 2.44 bits per heavy atom. The van der Waals surface area contributed by atoms with E-state index in [1.54, 1.807) is 13.2 Å². The third-order valence-corrected chi connectivity index (χ3v) is 7.43. The molecule has 174 valence electrons. The lowest BCUT2D eigenvalue weighted by Gasteiger charge is -2.22. The molecule has 3 aromatic rings. The van der Waals surface area contributed by atoms with Crippen LogP contribution in [0.25, 0.3) is 10.2 Å². The summed E-state index contributed by atoms with van der Waals surface area (Å²) >= 11 is 1.35. The van der Waals surface area contributed by atoms with E-state index in [-0.39, 0.29) is 35.4 Å². The summed E-state index contributed by atoms with van der Waals surface area (Å²) in [5.74, 6) is -0.620. The van der Waals surface area contributed by atoms with Crippen LogP contribution in [-0.2, 0) is 14.6 Å². The molecule has 0 saturated carbocycles. The minimum absolute atomic E-state index is 0. The highest BCUT2D eigenvalue weighted by atomic mass is 35.5. The van der Waals surface area contributed by atoms with Gasteiger partial charge in [0.15, 0.2) is 15.0 Å². The van der Waals surface area contributed by atoms with Gasteiger partial charge in [-0.3, -0.25) is 9.69 Å². The molecule has 0 N–H and O–H groups in total. The first kappa shape index (κ1) is 26.0. The highest BCUT2D eigenvalue weighted by Gasteiger charge is 2.24. The number of benzene rings is 2. The topological polar surface area (TPSA) is 79.8 Å². The molecule has 1 aromatic heterocycles. The van der Waals surface area contributed by atoms with Crippen molar-refractivity contribution in [3.05, 3.63) is 48.3 Å². The largest absolute Gasteiger partial charge is 0.494 e. The summed E-state index contributed by atoms with van der Waals surface area (Å²) in [6.45, 7) is 0.952. The van der Waals surface area contributed by atoms with Crippen molar-refractivity contribution in [1.29, 1.82) is 0 Å². The third-order valence-electron chi connectivity index (χ3n) is 4.65. The highest BCUT2D eigenvalue weighted by Crippen LogP contribution is 2.34. The van der Waals surface area contributed by atoms with Crippen LogP contribution in [0.2, 0.25) is 0 Å². The molecular weight excluding hydrogens is 477 g/mol. The third kappa shape index (κ3) is 6.16. The minimum atomic E-state index is -3.72. The van der Waals surface area contributed by atoms with Crippen LogP contribution >= 0.6 is 23.7 Å². The van der Waals surface area contributed by atoms with Crippen LogP contribution < -0.4 is 9.64 Å². The summed E-state index contributed by atoms with van der Waals surface area (Å²) in [4.78, 5) is 21.1. The molecule has 1 amide bonds. The molecule has 3 rings (SSSR count). The van der Waals surface area contributed by atoms with E-state index in [1.165, 1.54) is 28.4 Å². The van der Waals surface area contributed by atoms with Gasteiger partial charge in [0.05, 0.1) is 22.5 Å². The van der Waals surface area contributed by atoms with Crippen molar-refractivity contribution in [2.45, 2.75) is 11.3 Å². The van der Waals surface area contributed by atoms with Crippen LogP contribution in [0.1, 0.15) is 6.42 Å². The Hall–Kier alpha value is -2.27. The number of hydrogen-bond donors (Lipinski definition) is 0. The molecule has 7 nitrogen and oxygen atoms in total. The van der Waals surface area contributed by atoms with Gasteiger partial charge < -0.3 is 9.64 Å². The summed E-state index contributed by atoms with van der Waals surface area (Å²) < 4.78 is 44.5. The number of likely N-dealkylation sites (N-methyl/N-ethyl adjacent to an activating group) is 1. The standard InChI is InChI=1S/C21H24FN3O4S2.ClH/c1-24(2)12-13-25(21-23-20-17(29-3)5-4-6-18(20)30-21)19(26)11-14-31(27,28)16-9-7-15(22)8-10-16;/h4-10H,11-14H2,1-3H3;1H. The van der Waals surface area contributed by atoms with Crippen molar-refractivity contribution in [1.82, 2.24) is 9.88 Å². The maximum Gasteiger partial charge on any atom is 0.229 e. The van der Waals surface area contributed by atoms with Crippen molar-refractivity contribution in [2.75, 3.05) is 44.9 Å². The second-order valence-corrected chi connectivity index (χ2v) is 10.3. The molecule has 0 aliphatic rings. The Kier molecular flexibility index (Phi) is 8.97. The smallest absolute Gasteiger partial charge is 0.229 e. The predicted molar refractivity (Wildman–Crippen MR) is 127 cm³/mol. The summed E-state index contributed by atoms with van der Waals surface area (Å²) in [6.07, 6.45) is -0.208. The zero-order valence-corrected chi connectivity index (χ0v) is 20.4. The lowest BCUT2D eigenvalue weighted by atomic mass is 10.3. The second kappa shape index (κ2) is 11.0. The SMILES string of the molecule is COc1cccc2sc(N(CCN(C)C)C(=O)CCS(=O)(=O)c3ccc(F)cc3)nc12.Cl. The number of amides is 1. The zero-order chi connectivity index (χ0) is 22.6. The van der Waals surface area contributed by atoms with E-state index in [0.29, 0.717) is 29.5 Å². The van der Waals surface area contributed by atoms with Crippen LogP contribution in [-0.4, -0.2) is 64.3 Å². The molecular formula is C21H25ClFN3O4S2. The Morgan fingerprint density at radius 2 is 1.81 bits per heavy atom. The lowest BCUT2D eigenvalue weighted by Crippen LogP contribution is -2.37. The molecule has 0 aliphatic carbocycles. The van der Waals surface area contributed by atoms with E-state index in [2.05, 4.69) is 4.98 Å². The number of fused-ring (bicyclic) bond motifs is 1. The summed E-state index contributed by atoms with van der Waals surface area (Å²) in [5, 5.41) is 0.491. The number of hydrogen-bond acceptors (Lipinski definition) is 7. The van der Waals surface area contributed by atoms with Crippen molar-refractivity contribution < 1.29 is 22.3 Å². The normalized spacial score (nSPS) is 11.4. The molecule has 0 saturated heterocycles. The van der Waals surface area contributed by atoms with E-state index in [9.17, 15) is 17.6 Å². The molecule has 0 atom stereocenters. The monoisotopic (exact) mass is 501 g/mol. The molecule has 0 spiro atoms. The van der Waals surface area contributed by atoms with Crippen LogP contribution in [0, 0.1) is 5.82 Å². The van der Waals surface area contributed by atoms with Gasteiger partial charge >= 0.3 is 0 Å². The molecule has 0 fully saturated rings. The molecule has 2 aromatic carbocycles. The van der Waals surface area contributed by atoms with Crippen molar-refractivity contribution in [3.63, 3.8) is 0 Å². The number of sulfone groups is 1. The first-order chi connectivity index (χ1) is 14.7. The maximum absolute atomic E-state index is 13.1. The fraction of sp³-hybridized carbons (Fsp3) is 0.333. The number of methoxy groups -OCH3 is 1. The second-order valence-electron chi connectivity index (χ2n) is 7.17. The van der Waals surface area contributed by atoms with Gasteiger partial charge in [-0.25, -0.2) is 17.8 Å². The van der Waals surface area contributed by atoms with Gasteiger partial charge in [0.25, 0.3) is 0 Å². The van der Waals surface area contributed by atoms with Crippen molar-refractivity contribution in [3.8, 4) is 5.75 Å². The number of carbonyl (C=O) groups excluding carboxylic acids is 1. The fourth-order valence-electron chi connectivity index (χ4n) is 2.94. The van der Waals surface area contributed by atoms with Crippen LogP contribution in [0.5, 0.6) is 5.75 Å². The number of anilines is 1. The highest BCUT2D eigenvalue weighted by molar-refractivity contribution is 7.91. The van der Waals surface area contributed by atoms with E-state index >= 15 is 0 Å². The molecule has 11 heteroatoms. The number of thiazole rings is 1. The van der Waals surface area contributed by atoms with Gasteiger partial charge in [0, 0.05) is 19.5 Å². The van der Waals surface area contributed by atoms with E-state index in [1.807, 2.05) is 31.1 Å². The van der Waals surface area contributed by atoms with Gasteiger partial charge in [-0.1, -0.05) is 17.4 Å². The lowest BCUT2D eigenvalue weighted by molar-refractivity contribution is -0.118. The molecule has 0 unspecified atom stereocenters. The van der Waals surface area contributed by atoms with Gasteiger partial charge in [0.2, 0.25) is 5.91 Å². The number of carbonyl (C=O) groups is 1. The number of rotatable bonds is 9. The number of halogens is 2. The molecule has 0 bridgehead atoms. The average Bonchev–Trinajstić information content (AvgIpc) is 3.16. The molecule has 32 heavy (non-hydrogen) atoms. The maximum atomic E-state index is 13.1. The van der Waals surface area contributed by atoms with Crippen LogP contribution in [0.3, 0.4) is 0 Å². The first-order valence-corrected chi connectivity index (χ1v) is 12.0. The van der Waals surface area contributed by atoms with Crippen LogP contribution in [0.15, 0.2) is 47.4 Å². The zero-order valence-electron chi connectivity index (χ0n) is 17.9. The van der Waals surface area contributed by atoms with Crippen LogP contribution in [0.4, 0.5) is 9.52 Å². The number of aromatic nitrogens is 1. The minimum Gasteiger partial charge on any atom is -0.494 e. The predicted octanol–water partition coefficient (Wildman–Crippen LogP) is 3.62. The number of ether oxygens (including phenoxy) is 1. The average molecular weight is 502 g/mol. The first-order valence-electron chi connectivity index (χ1n) is 9.58. The van der Waals surface area contributed by atoms with E-state index < -0.39 is 15.7 Å². The van der Waals surface area contributed by atoms with E-state index in [0.717, 1.165) is 16.8 Å². The van der Waals surface area contributed by atoms with Gasteiger partial charge in [-0.2, -0.15) is 0 Å². The van der Waals surface area contributed by atoms with Gasteiger partial charge in [-0.15, -0.1) is 12.4 Å². The Morgan fingerprint density at radius 1 is 1.12 bits per heavy atom. The van der Waals surface area contributed by atoms with Crippen molar-refractivity contribution in [2.24, 2.45) is 0 Å². The van der Waals surface area contributed by atoms with Crippen molar-refractivity contribution >= 4 is 54.8 Å². The number of para-hydroxylation sites is 1. The summed E-state index contributed by atoms with van der Waals surface area (Å²) in [7, 11) is 1.63. The summed E-state index contributed by atoms with van der Waals surface area (Å²) in [5.41, 5.74) is 0.659. The molecule has 0 aliphatic heterocycles. The fourth-order valence-corrected chi connectivity index (χ4v) is 5.19. The summed E-state index contributed by atoms with van der Waals surface area (Å²) in [6, 6.07) is 10.1. The van der Waals surface area contributed by atoms with Gasteiger partial charge in [-0.05, 0) is 50.5 Å². The Labute approximate surface area is 197 Å². The quantitative estimate of drug-likeness (QED) is 0.417. The molecule has 0 radical (unpaired) electrons. The molecule has 1 heterocycles. The van der Waals surface area contributed by atoms with Gasteiger partial charge in [0.1, 0.15) is 17.1 Å². The van der Waals surface area contributed by atoms with E-state index in [4.69, 9.17) is 4.74 Å². The number of nitrogens with zero attached hydrogens (tertiary/aromatic N) is 3. The Bertz CT molecular complexity index is 1170. The Balaban J connectivity index is 0.00000363.